The molecule has 4 aromatic heterocycles. The van der Waals surface area contributed by atoms with Gasteiger partial charge in [0.2, 0.25) is 0 Å². The molecule has 4 aromatic rings. The molecular formula is C25H26F3N7O2S. The number of nitrogens with one attached hydrogen (secondary N) is 2. The van der Waals surface area contributed by atoms with Crippen molar-refractivity contribution in [2.75, 3.05) is 54.1 Å². The molecule has 0 aliphatic carbocycles. The Labute approximate surface area is 219 Å². The number of halogens is 3. The molecule has 0 spiro atoms. The van der Waals surface area contributed by atoms with E-state index in [2.05, 4.69) is 30.2 Å². The second-order valence-electron chi connectivity index (χ2n) is 8.76. The van der Waals surface area contributed by atoms with E-state index in [0.29, 0.717) is 41.3 Å². The number of morpholine rings is 1. The van der Waals surface area contributed by atoms with Crippen molar-refractivity contribution < 1.29 is 22.1 Å². The zero-order valence-electron chi connectivity index (χ0n) is 20.7. The van der Waals surface area contributed by atoms with Gasteiger partial charge in [-0.25, -0.2) is 19.2 Å². The molecule has 1 aliphatic heterocycles. The van der Waals surface area contributed by atoms with E-state index < -0.39 is 22.7 Å². The number of hydrogen-bond donors (Lipinski definition) is 2. The monoisotopic (exact) mass is 545 g/mol. The van der Waals surface area contributed by atoms with Crippen LogP contribution in [0.3, 0.4) is 0 Å². The number of nitrogens with zero attached hydrogens (tertiary/aromatic N) is 5. The lowest BCUT2D eigenvalue weighted by atomic mass is 10.1. The van der Waals surface area contributed by atoms with E-state index in [1.165, 1.54) is 10.6 Å². The first-order valence-electron chi connectivity index (χ1n) is 11.9. The number of anilines is 3. The number of ether oxygens (including phenoxy) is 1. The molecule has 200 valence electrons. The highest BCUT2D eigenvalue weighted by Crippen LogP contribution is 2.40. The Bertz CT molecular complexity index is 1450. The lowest BCUT2D eigenvalue weighted by molar-refractivity contribution is -0.137. The van der Waals surface area contributed by atoms with Crippen molar-refractivity contribution in [3.8, 4) is 11.3 Å². The van der Waals surface area contributed by atoms with E-state index in [0.717, 1.165) is 30.7 Å². The number of aromatic amines is 1. The predicted molar refractivity (Wildman–Crippen MR) is 141 cm³/mol. The quantitative estimate of drug-likeness (QED) is 0.359. The molecule has 2 N–H and O–H groups in total. The molecule has 0 aromatic carbocycles. The van der Waals surface area contributed by atoms with Gasteiger partial charge in [0.1, 0.15) is 28.3 Å². The summed E-state index contributed by atoms with van der Waals surface area (Å²) in [4.78, 5) is 18.1. The van der Waals surface area contributed by atoms with Gasteiger partial charge in [0.15, 0.2) is 0 Å². The molecule has 0 saturated carbocycles. The Morgan fingerprint density at radius 1 is 1.16 bits per heavy atom. The van der Waals surface area contributed by atoms with E-state index in [1.54, 1.807) is 37.6 Å². The molecule has 1 saturated heterocycles. The average Bonchev–Trinajstić information content (AvgIpc) is 3.36. The summed E-state index contributed by atoms with van der Waals surface area (Å²) in [6.45, 7) is 2.81. The third-order valence-corrected chi connectivity index (χ3v) is 7.31. The standard InChI is InChI=1S/C25H26F3N7O2S/c1-34(38(2)36)24-17(4-3-7-29-24)14-31-22-18-12-20(33-23(18)32-15-19(22)25(26,27)28)16-5-6-21(30-13-16)35-8-10-37-11-9-35/h3-7,12-13,15H,8-11,14H2,1-2H3,(H2,31,32,33). The maximum absolute atomic E-state index is 14.0. The molecule has 1 aliphatic rings. The molecule has 9 nitrogen and oxygen atoms in total. The number of fused-ring (bicyclic) bond motifs is 1. The van der Waals surface area contributed by atoms with Gasteiger partial charge in [-0.1, -0.05) is 6.07 Å². The highest BCUT2D eigenvalue weighted by atomic mass is 32.2. The molecule has 1 fully saturated rings. The lowest BCUT2D eigenvalue weighted by Crippen LogP contribution is -2.36. The van der Waals surface area contributed by atoms with Crippen molar-refractivity contribution in [2.45, 2.75) is 12.7 Å². The third-order valence-electron chi connectivity index (χ3n) is 6.36. The van der Waals surface area contributed by atoms with Crippen LogP contribution in [0.25, 0.3) is 22.3 Å². The van der Waals surface area contributed by atoms with E-state index in [1.807, 2.05) is 12.1 Å². The van der Waals surface area contributed by atoms with Crippen LogP contribution in [0.4, 0.5) is 30.5 Å². The summed E-state index contributed by atoms with van der Waals surface area (Å²) in [6, 6.07) is 8.82. The summed E-state index contributed by atoms with van der Waals surface area (Å²) < 4.78 is 60.8. The first kappa shape index (κ1) is 25.9. The fourth-order valence-electron chi connectivity index (χ4n) is 4.32. The summed E-state index contributed by atoms with van der Waals surface area (Å²) in [5, 5.41) is 3.25. The number of alkyl halides is 3. The summed E-state index contributed by atoms with van der Waals surface area (Å²) in [5.74, 6) is 1.24. The Kier molecular flexibility index (Phi) is 7.21. The van der Waals surface area contributed by atoms with Crippen LogP contribution in [0.1, 0.15) is 11.1 Å². The molecule has 0 radical (unpaired) electrons. The van der Waals surface area contributed by atoms with Crippen LogP contribution < -0.4 is 14.5 Å². The molecule has 1 atom stereocenters. The number of hydrogen-bond acceptors (Lipinski definition) is 7. The topological polar surface area (TPSA) is 99.3 Å². The normalized spacial score (nSPS) is 15.0. The summed E-state index contributed by atoms with van der Waals surface area (Å²) in [5.41, 5.74) is 1.25. The smallest absolute Gasteiger partial charge is 0.380 e. The van der Waals surface area contributed by atoms with E-state index in [-0.39, 0.29) is 12.2 Å². The minimum absolute atomic E-state index is 0.0310. The van der Waals surface area contributed by atoms with Crippen LogP contribution in [0.2, 0.25) is 0 Å². The largest absolute Gasteiger partial charge is 0.419 e. The first-order valence-corrected chi connectivity index (χ1v) is 13.4. The predicted octanol–water partition coefficient (Wildman–Crippen LogP) is 4.22. The van der Waals surface area contributed by atoms with Crippen molar-refractivity contribution >= 4 is 39.3 Å². The summed E-state index contributed by atoms with van der Waals surface area (Å²) in [7, 11) is 0.267. The van der Waals surface area contributed by atoms with Gasteiger partial charge in [-0.05, 0) is 24.3 Å². The SMILES string of the molecule is CN(c1ncccc1CNc1c(C(F)(F)F)cnc2[nH]c(-c3ccc(N4CCOCC4)nc3)cc12)S(C)=O. The van der Waals surface area contributed by atoms with Gasteiger partial charge >= 0.3 is 6.18 Å². The third kappa shape index (κ3) is 5.29. The summed E-state index contributed by atoms with van der Waals surface area (Å²) >= 11 is 0. The average molecular weight is 546 g/mol. The van der Waals surface area contributed by atoms with E-state index >= 15 is 0 Å². The van der Waals surface area contributed by atoms with Crippen molar-refractivity contribution in [3.05, 3.63) is 60.0 Å². The molecule has 38 heavy (non-hydrogen) atoms. The number of pyridine rings is 3. The summed E-state index contributed by atoms with van der Waals surface area (Å²) in [6.07, 6.45) is 0.939. The highest BCUT2D eigenvalue weighted by molar-refractivity contribution is 7.85. The fourth-order valence-corrected chi connectivity index (χ4v) is 4.73. The second kappa shape index (κ2) is 10.6. The van der Waals surface area contributed by atoms with Gasteiger partial charge in [-0.2, -0.15) is 13.2 Å². The minimum atomic E-state index is -4.62. The maximum Gasteiger partial charge on any atom is 0.419 e. The van der Waals surface area contributed by atoms with Crippen molar-refractivity contribution in [1.29, 1.82) is 0 Å². The van der Waals surface area contributed by atoms with Crippen molar-refractivity contribution in [3.63, 3.8) is 0 Å². The molecular weight excluding hydrogens is 519 g/mol. The number of H-pyrrole nitrogens is 1. The van der Waals surface area contributed by atoms with Crippen LogP contribution >= 0.6 is 0 Å². The van der Waals surface area contributed by atoms with E-state index in [4.69, 9.17) is 4.74 Å². The molecule has 0 amide bonds. The van der Waals surface area contributed by atoms with Crippen LogP contribution in [0, 0.1) is 0 Å². The zero-order valence-corrected chi connectivity index (χ0v) is 21.6. The Morgan fingerprint density at radius 2 is 1.95 bits per heavy atom. The number of aromatic nitrogens is 4. The first-order chi connectivity index (χ1) is 18.2. The second-order valence-corrected chi connectivity index (χ2v) is 10.2. The van der Waals surface area contributed by atoms with Gasteiger partial charge in [0.05, 0.1) is 24.5 Å². The molecule has 5 heterocycles. The van der Waals surface area contributed by atoms with Crippen LogP contribution in [-0.2, 0) is 28.4 Å². The Hall–Kier alpha value is -3.71. The van der Waals surface area contributed by atoms with Crippen LogP contribution in [0.5, 0.6) is 0 Å². The van der Waals surface area contributed by atoms with E-state index in [9.17, 15) is 17.4 Å². The van der Waals surface area contributed by atoms with Gasteiger partial charge in [-0.3, -0.25) is 4.31 Å². The Balaban J connectivity index is 1.49. The van der Waals surface area contributed by atoms with Crippen LogP contribution in [-0.4, -0.2) is 63.8 Å². The highest BCUT2D eigenvalue weighted by Gasteiger charge is 2.35. The lowest BCUT2D eigenvalue weighted by Gasteiger charge is -2.27. The Morgan fingerprint density at radius 3 is 2.63 bits per heavy atom. The number of rotatable bonds is 7. The van der Waals surface area contributed by atoms with Crippen LogP contribution in [0.15, 0.2) is 48.9 Å². The molecule has 13 heteroatoms. The zero-order chi connectivity index (χ0) is 26.9. The maximum atomic E-state index is 14.0. The minimum Gasteiger partial charge on any atom is -0.380 e. The molecule has 5 rings (SSSR count). The van der Waals surface area contributed by atoms with Crippen molar-refractivity contribution in [2.24, 2.45) is 0 Å². The molecule has 0 bridgehead atoms. The van der Waals surface area contributed by atoms with Crippen molar-refractivity contribution in [1.82, 2.24) is 19.9 Å². The van der Waals surface area contributed by atoms with Gasteiger partial charge in [-0.15, -0.1) is 0 Å². The fraction of sp³-hybridized carbons (Fsp3) is 0.320. The molecule has 1 unspecified atom stereocenters. The van der Waals surface area contributed by atoms with Gasteiger partial charge in [0.25, 0.3) is 0 Å². The van der Waals surface area contributed by atoms with Gasteiger partial charge < -0.3 is 19.9 Å². The van der Waals surface area contributed by atoms with Gasteiger partial charge in [0, 0.05) is 73.7 Å².